The first-order chi connectivity index (χ1) is 8.16. The van der Waals surface area contributed by atoms with Crippen LogP contribution in [0.1, 0.15) is 10.4 Å². The fourth-order valence-corrected chi connectivity index (χ4v) is 1.57. The molecule has 1 N–H and O–H groups in total. The Kier molecular flexibility index (Phi) is 3.40. The van der Waals surface area contributed by atoms with Crippen LogP contribution < -0.4 is 5.32 Å². The van der Waals surface area contributed by atoms with Crippen LogP contribution in [0.4, 0.5) is 10.1 Å². The van der Waals surface area contributed by atoms with Crippen molar-refractivity contribution in [3.05, 3.63) is 64.9 Å². The molecule has 2 nitrogen and oxygen atoms in total. The number of para-hydroxylation sites is 1. The molecule has 0 saturated carbocycles. The number of amides is 1. The Morgan fingerprint density at radius 2 is 1.88 bits per heavy atom. The Balaban J connectivity index is 2.20. The number of hydrogen-bond donors (Lipinski definition) is 1. The van der Waals surface area contributed by atoms with E-state index in [2.05, 4.69) is 5.32 Å². The quantitative estimate of drug-likeness (QED) is 0.863. The van der Waals surface area contributed by atoms with Gasteiger partial charge in [0, 0.05) is 5.56 Å². The molecule has 0 fully saturated rings. The number of anilines is 1. The Morgan fingerprint density at radius 3 is 2.59 bits per heavy atom. The van der Waals surface area contributed by atoms with E-state index in [1.807, 2.05) is 0 Å². The second-order valence-electron chi connectivity index (χ2n) is 3.44. The molecule has 0 aliphatic carbocycles. The van der Waals surface area contributed by atoms with Crippen molar-refractivity contribution in [3.8, 4) is 0 Å². The molecule has 86 valence electrons. The Hall–Kier alpha value is -1.87. The summed E-state index contributed by atoms with van der Waals surface area (Å²) in [7, 11) is 0. The first-order valence-corrected chi connectivity index (χ1v) is 5.36. The summed E-state index contributed by atoms with van der Waals surface area (Å²) >= 11 is 5.90. The molecular weight excluding hydrogens is 241 g/mol. The summed E-state index contributed by atoms with van der Waals surface area (Å²) in [5.41, 5.74) is 0.758. The largest absolute Gasteiger partial charge is 0.321 e. The van der Waals surface area contributed by atoms with Gasteiger partial charge in [-0.15, -0.1) is 0 Å². The normalized spacial score (nSPS) is 10.0. The average Bonchev–Trinajstić information content (AvgIpc) is 2.32. The van der Waals surface area contributed by atoms with Crippen LogP contribution in [0.3, 0.4) is 0 Å². The van der Waals surface area contributed by atoms with Crippen molar-refractivity contribution in [3.63, 3.8) is 0 Å². The fourth-order valence-electron chi connectivity index (χ4n) is 1.39. The molecule has 2 aromatic carbocycles. The standard InChI is InChI=1S/C13H9ClFNO/c14-11-6-1-2-7-12(11)16-13(17)9-4-3-5-10(15)8-9/h1-8H,(H,16,17). The summed E-state index contributed by atoms with van der Waals surface area (Å²) in [5, 5.41) is 3.06. The molecular formula is C13H9ClFNO. The van der Waals surface area contributed by atoms with Gasteiger partial charge in [0.25, 0.3) is 5.91 Å². The monoisotopic (exact) mass is 249 g/mol. The average molecular weight is 250 g/mol. The van der Waals surface area contributed by atoms with Crippen LogP contribution in [-0.2, 0) is 0 Å². The SMILES string of the molecule is O=C(Nc1ccccc1Cl)c1cccc(F)c1. The van der Waals surface area contributed by atoms with E-state index in [1.54, 1.807) is 24.3 Å². The van der Waals surface area contributed by atoms with E-state index < -0.39 is 11.7 Å². The van der Waals surface area contributed by atoms with Gasteiger partial charge in [-0.05, 0) is 30.3 Å². The molecule has 0 saturated heterocycles. The lowest BCUT2D eigenvalue weighted by Crippen LogP contribution is -2.12. The van der Waals surface area contributed by atoms with Crippen molar-refractivity contribution in [1.29, 1.82) is 0 Å². The first-order valence-electron chi connectivity index (χ1n) is 4.98. The minimum Gasteiger partial charge on any atom is -0.321 e. The smallest absolute Gasteiger partial charge is 0.255 e. The van der Waals surface area contributed by atoms with Crippen LogP contribution in [0.2, 0.25) is 5.02 Å². The van der Waals surface area contributed by atoms with E-state index in [4.69, 9.17) is 11.6 Å². The van der Waals surface area contributed by atoms with Gasteiger partial charge in [0.1, 0.15) is 5.82 Å². The van der Waals surface area contributed by atoms with Crippen LogP contribution in [0.5, 0.6) is 0 Å². The summed E-state index contributed by atoms with van der Waals surface area (Å²) < 4.78 is 12.9. The van der Waals surface area contributed by atoms with Gasteiger partial charge in [-0.3, -0.25) is 4.79 Å². The van der Waals surface area contributed by atoms with Crippen LogP contribution in [0.15, 0.2) is 48.5 Å². The maximum Gasteiger partial charge on any atom is 0.255 e. The lowest BCUT2D eigenvalue weighted by atomic mass is 10.2. The van der Waals surface area contributed by atoms with E-state index in [1.165, 1.54) is 24.3 Å². The van der Waals surface area contributed by atoms with Gasteiger partial charge >= 0.3 is 0 Å². The van der Waals surface area contributed by atoms with E-state index in [0.717, 1.165) is 0 Å². The summed E-state index contributed by atoms with van der Waals surface area (Å²) in [6, 6.07) is 12.3. The number of carbonyl (C=O) groups excluding carboxylic acids is 1. The van der Waals surface area contributed by atoms with Gasteiger partial charge in [0.05, 0.1) is 10.7 Å². The lowest BCUT2D eigenvalue weighted by Gasteiger charge is -2.06. The minimum atomic E-state index is -0.447. The summed E-state index contributed by atoms with van der Waals surface area (Å²) in [4.78, 5) is 11.8. The third-order valence-corrected chi connectivity index (χ3v) is 2.54. The van der Waals surface area contributed by atoms with Gasteiger partial charge in [-0.1, -0.05) is 29.8 Å². The van der Waals surface area contributed by atoms with E-state index in [-0.39, 0.29) is 5.56 Å². The van der Waals surface area contributed by atoms with Gasteiger partial charge in [-0.25, -0.2) is 4.39 Å². The molecule has 0 radical (unpaired) electrons. The maximum atomic E-state index is 12.9. The van der Waals surface area contributed by atoms with Gasteiger partial charge < -0.3 is 5.32 Å². The number of rotatable bonds is 2. The molecule has 0 aliphatic heterocycles. The van der Waals surface area contributed by atoms with E-state index >= 15 is 0 Å². The highest BCUT2D eigenvalue weighted by Crippen LogP contribution is 2.21. The van der Waals surface area contributed by atoms with Gasteiger partial charge in [0.15, 0.2) is 0 Å². The Morgan fingerprint density at radius 1 is 1.12 bits per heavy atom. The van der Waals surface area contributed by atoms with Crippen molar-refractivity contribution < 1.29 is 9.18 Å². The fraction of sp³-hybridized carbons (Fsp3) is 0. The number of halogens is 2. The van der Waals surface area contributed by atoms with Crippen LogP contribution >= 0.6 is 11.6 Å². The Labute approximate surface area is 103 Å². The first kappa shape index (κ1) is 11.6. The predicted octanol–water partition coefficient (Wildman–Crippen LogP) is 3.73. The molecule has 17 heavy (non-hydrogen) atoms. The highest BCUT2D eigenvalue weighted by molar-refractivity contribution is 6.33. The molecule has 2 aromatic rings. The number of nitrogens with one attached hydrogen (secondary N) is 1. The molecule has 0 heterocycles. The van der Waals surface area contributed by atoms with Crippen LogP contribution in [0.25, 0.3) is 0 Å². The van der Waals surface area contributed by atoms with Crippen LogP contribution in [-0.4, -0.2) is 5.91 Å². The zero-order valence-corrected chi connectivity index (χ0v) is 9.54. The number of carbonyl (C=O) groups is 1. The number of benzene rings is 2. The summed E-state index contributed by atoms with van der Waals surface area (Å²) in [6.45, 7) is 0. The zero-order chi connectivity index (χ0) is 12.3. The molecule has 0 bridgehead atoms. The van der Waals surface area contributed by atoms with Crippen molar-refractivity contribution in [2.45, 2.75) is 0 Å². The maximum absolute atomic E-state index is 12.9. The zero-order valence-electron chi connectivity index (χ0n) is 8.78. The molecule has 4 heteroatoms. The summed E-state index contributed by atoms with van der Waals surface area (Å²) in [6.07, 6.45) is 0. The highest BCUT2D eigenvalue weighted by atomic mass is 35.5. The van der Waals surface area contributed by atoms with Gasteiger partial charge in [-0.2, -0.15) is 0 Å². The second-order valence-corrected chi connectivity index (χ2v) is 3.85. The van der Waals surface area contributed by atoms with Crippen molar-refractivity contribution in [1.82, 2.24) is 0 Å². The van der Waals surface area contributed by atoms with Crippen molar-refractivity contribution in [2.24, 2.45) is 0 Å². The summed E-state index contributed by atoms with van der Waals surface area (Å²) in [5.74, 6) is -0.839. The minimum absolute atomic E-state index is 0.255. The highest BCUT2D eigenvalue weighted by Gasteiger charge is 2.08. The molecule has 0 aliphatic rings. The van der Waals surface area contributed by atoms with E-state index in [9.17, 15) is 9.18 Å². The molecule has 0 unspecified atom stereocenters. The van der Waals surface area contributed by atoms with Crippen molar-refractivity contribution >= 4 is 23.2 Å². The topological polar surface area (TPSA) is 29.1 Å². The number of hydrogen-bond acceptors (Lipinski definition) is 1. The third kappa shape index (κ3) is 2.82. The molecule has 1 amide bonds. The Bertz CT molecular complexity index is 557. The molecule has 0 atom stereocenters. The van der Waals surface area contributed by atoms with E-state index in [0.29, 0.717) is 10.7 Å². The van der Waals surface area contributed by atoms with Gasteiger partial charge in [0.2, 0.25) is 0 Å². The third-order valence-electron chi connectivity index (χ3n) is 2.21. The predicted molar refractivity (Wildman–Crippen MR) is 65.8 cm³/mol. The second kappa shape index (κ2) is 4.97. The van der Waals surface area contributed by atoms with Crippen LogP contribution in [0, 0.1) is 5.82 Å². The lowest BCUT2D eigenvalue weighted by molar-refractivity contribution is 0.102. The molecule has 0 aromatic heterocycles. The molecule has 2 rings (SSSR count). The van der Waals surface area contributed by atoms with Crippen molar-refractivity contribution in [2.75, 3.05) is 5.32 Å². The molecule has 0 spiro atoms.